The van der Waals surface area contributed by atoms with Crippen molar-refractivity contribution in [3.8, 4) is 5.75 Å². The first-order valence-corrected chi connectivity index (χ1v) is 5.43. The molecule has 0 unspecified atom stereocenters. The smallest absolute Gasteiger partial charge is 0.336 e. The topological polar surface area (TPSA) is 65.3 Å². The zero-order chi connectivity index (χ0) is 13.0. The maximum atomic E-state index is 11.1. The highest BCUT2D eigenvalue weighted by molar-refractivity contribution is 5.70. The van der Waals surface area contributed by atoms with Crippen molar-refractivity contribution in [3.05, 3.63) is 34.7 Å². The number of nitrogens with zero attached hydrogens (tertiary/aromatic N) is 2. The van der Waals surface area contributed by atoms with Crippen LogP contribution < -0.4 is 4.74 Å². The van der Waals surface area contributed by atoms with Crippen LogP contribution in [0.2, 0.25) is 0 Å². The van der Waals surface area contributed by atoms with E-state index in [9.17, 15) is 10.1 Å². The van der Waals surface area contributed by atoms with Crippen LogP contribution in [0, 0.1) is 10.1 Å². The lowest BCUT2D eigenvalue weighted by Gasteiger charge is -2.13. The molecule has 1 aromatic rings. The first kappa shape index (κ1) is 13.2. The van der Waals surface area contributed by atoms with Gasteiger partial charge in [-0.3, -0.25) is 10.1 Å². The minimum absolute atomic E-state index is 0.0749. The van der Waals surface area contributed by atoms with Crippen molar-refractivity contribution in [2.75, 3.05) is 0 Å². The van der Waals surface area contributed by atoms with E-state index in [0.717, 1.165) is 6.42 Å². The quantitative estimate of drug-likeness (QED) is 0.581. The van der Waals surface area contributed by atoms with Crippen molar-refractivity contribution < 1.29 is 9.66 Å². The van der Waals surface area contributed by atoms with Crippen LogP contribution in [0.5, 0.6) is 5.75 Å². The molecule has 0 aliphatic heterocycles. The number of hydrogen-bond donors (Lipinski definition) is 0. The maximum Gasteiger partial charge on any atom is 0.336 e. The van der Waals surface area contributed by atoms with E-state index in [0.29, 0.717) is 5.57 Å². The van der Waals surface area contributed by atoms with E-state index >= 15 is 0 Å². The third kappa shape index (κ3) is 3.03. The van der Waals surface area contributed by atoms with Crippen molar-refractivity contribution in [2.24, 2.45) is 0 Å². The summed E-state index contributed by atoms with van der Waals surface area (Å²) in [6.45, 7) is 9.19. The molecule has 0 aliphatic carbocycles. The van der Waals surface area contributed by atoms with Gasteiger partial charge in [0, 0.05) is 12.3 Å². The molecule has 1 atom stereocenters. The molecule has 92 valence electrons. The van der Waals surface area contributed by atoms with Crippen LogP contribution in [0.3, 0.4) is 0 Å². The maximum absolute atomic E-state index is 11.1. The Labute approximate surface area is 100 Å². The zero-order valence-electron chi connectivity index (χ0n) is 10.3. The molecule has 1 aromatic heterocycles. The van der Waals surface area contributed by atoms with Crippen LogP contribution in [0.4, 0.5) is 5.69 Å². The van der Waals surface area contributed by atoms with E-state index in [1.54, 1.807) is 6.92 Å². The van der Waals surface area contributed by atoms with Crippen molar-refractivity contribution in [2.45, 2.75) is 33.3 Å². The van der Waals surface area contributed by atoms with E-state index in [2.05, 4.69) is 11.6 Å². The molecule has 0 aromatic carbocycles. The first-order chi connectivity index (χ1) is 7.97. The van der Waals surface area contributed by atoms with E-state index in [4.69, 9.17) is 4.74 Å². The zero-order valence-corrected chi connectivity index (χ0v) is 10.3. The molecular formula is C12H16N2O3. The summed E-state index contributed by atoms with van der Waals surface area (Å²) in [5, 5.41) is 11.1. The van der Waals surface area contributed by atoms with Gasteiger partial charge >= 0.3 is 5.69 Å². The molecule has 0 bridgehead atoms. The van der Waals surface area contributed by atoms with E-state index in [-0.39, 0.29) is 23.2 Å². The first-order valence-electron chi connectivity index (χ1n) is 5.43. The summed E-state index contributed by atoms with van der Waals surface area (Å²) in [5.41, 5.74) is 0.711. The van der Waals surface area contributed by atoms with Gasteiger partial charge < -0.3 is 4.74 Å². The molecular weight excluding hydrogens is 220 g/mol. The van der Waals surface area contributed by atoms with E-state index in [1.807, 2.05) is 13.8 Å². The Balaban J connectivity index is 3.25. The van der Waals surface area contributed by atoms with Gasteiger partial charge in [0.25, 0.3) is 0 Å². The fourth-order valence-corrected chi connectivity index (χ4v) is 1.32. The van der Waals surface area contributed by atoms with Gasteiger partial charge in [-0.1, -0.05) is 13.5 Å². The van der Waals surface area contributed by atoms with Gasteiger partial charge in [-0.25, -0.2) is 4.98 Å². The fourth-order valence-electron chi connectivity index (χ4n) is 1.32. The number of ether oxygens (including phenoxy) is 1. The van der Waals surface area contributed by atoms with Gasteiger partial charge in [-0.2, -0.15) is 0 Å². The molecule has 0 amide bonds. The molecule has 0 spiro atoms. The summed E-state index contributed by atoms with van der Waals surface area (Å²) >= 11 is 0. The number of pyridine rings is 1. The lowest BCUT2D eigenvalue weighted by Crippen LogP contribution is -2.12. The van der Waals surface area contributed by atoms with Crippen LogP contribution >= 0.6 is 0 Å². The summed E-state index contributed by atoms with van der Waals surface area (Å²) in [6, 6.07) is 1.51. The predicted octanol–water partition coefficient (Wildman–Crippen LogP) is 3.20. The molecule has 0 N–H and O–H groups in total. The standard InChI is InChI=1S/C12H16N2O3/c1-5-9(4)17-10-6-7-13-11(8(2)3)12(10)14(15)16/h6-7,9H,2,5H2,1,3-4H3/t9-/m1/s1. The predicted molar refractivity (Wildman–Crippen MR) is 66.0 cm³/mol. The Morgan fingerprint density at radius 3 is 2.82 bits per heavy atom. The summed E-state index contributed by atoms with van der Waals surface area (Å²) in [4.78, 5) is 14.6. The van der Waals surface area contributed by atoms with Crippen molar-refractivity contribution in [1.82, 2.24) is 4.98 Å². The fraction of sp³-hybridized carbons (Fsp3) is 0.417. The second kappa shape index (κ2) is 5.43. The van der Waals surface area contributed by atoms with Crippen LogP contribution in [-0.4, -0.2) is 16.0 Å². The third-order valence-electron chi connectivity index (χ3n) is 2.38. The second-order valence-corrected chi connectivity index (χ2v) is 3.88. The molecule has 1 heterocycles. The molecule has 1 rings (SSSR count). The van der Waals surface area contributed by atoms with Crippen molar-refractivity contribution >= 4 is 11.3 Å². The van der Waals surface area contributed by atoms with E-state index in [1.165, 1.54) is 12.3 Å². The van der Waals surface area contributed by atoms with Crippen LogP contribution in [0.25, 0.3) is 5.57 Å². The Kier molecular flexibility index (Phi) is 4.20. The number of rotatable bonds is 5. The SMILES string of the molecule is C=C(C)c1nccc(O[C@H](C)CC)c1[N+](=O)[O-]. The van der Waals surface area contributed by atoms with Gasteiger partial charge in [0.1, 0.15) is 5.69 Å². The molecule has 0 aliphatic rings. The van der Waals surface area contributed by atoms with Crippen molar-refractivity contribution in [3.63, 3.8) is 0 Å². The van der Waals surface area contributed by atoms with Gasteiger partial charge in [0.15, 0.2) is 0 Å². The van der Waals surface area contributed by atoms with Crippen molar-refractivity contribution in [1.29, 1.82) is 0 Å². The highest BCUT2D eigenvalue weighted by Crippen LogP contribution is 2.33. The van der Waals surface area contributed by atoms with Crippen LogP contribution in [0.15, 0.2) is 18.8 Å². The number of nitro groups is 1. The van der Waals surface area contributed by atoms with Crippen LogP contribution in [-0.2, 0) is 0 Å². The molecule has 0 fully saturated rings. The van der Waals surface area contributed by atoms with Gasteiger partial charge in [-0.05, 0) is 25.8 Å². The highest BCUT2D eigenvalue weighted by atomic mass is 16.6. The largest absolute Gasteiger partial charge is 0.484 e. The lowest BCUT2D eigenvalue weighted by molar-refractivity contribution is -0.386. The monoisotopic (exact) mass is 236 g/mol. The average molecular weight is 236 g/mol. The molecule has 0 saturated carbocycles. The molecule has 5 nitrogen and oxygen atoms in total. The number of allylic oxidation sites excluding steroid dienone is 1. The van der Waals surface area contributed by atoms with Gasteiger partial charge in [-0.15, -0.1) is 0 Å². The molecule has 17 heavy (non-hydrogen) atoms. The van der Waals surface area contributed by atoms with Crippen LogP contribution in [0.1, 0.15) is 32.9 Å². The minimum atomic E-state index is -0.477. The lowest BCUT2D eigenvalue weighted by atomic mass is 10.2. The summed E-state index contributed by atoms with van der Waals surface area (Å²) in [7, 11) is 0. The molecule has 0 saturated heterocycles. The number of hydrogen-bond acceptors (Lipinski definition) is 4. The Morgan fingerprint density at radius 2 is 2.35 bits per heavy atom. The average Bonchev–Trinajstić information content (AvgIpc) is 2.28. The Hall–Kier alpha value is -1.91. The van der Waals surface area contributed by atoms with E-state index < -0.39 is 4.92 Å². The summed E-state index contributed by atoms with van der Waals surface area (Å²) in [5.74, 6) is 0.248. The summed E-state index contributed by atoms with van der Waals surface area (Å²) < 4.78 is 5.52. The highest BCUT2D eigenvalue weighted by Gasteiger charge is 2.23. The Morgan fingerprint density at radius 1 is 1.71 bits per heavy atom. The summed E-state index contributed by atoms with van der Waals surface area (Å²) in [6.07, 6.45) is 2.20. The molecule has 0 radical (unpaired) electrons. The number of aromatic nitrogens is 1. The minimum Gasteiger partial charge on any atom is -0.484 e. The third-order valence-corrected chi connectivity index (χ3v) is 2.38. The normalized spacial score (nSPS) is 11.9. The Bertz CT molecular complexity index is 443. The molecule has 5 heteroatoms. The second-order valence-electron chi connectivity index (χ2n) is 3.88. The van der Waals surface area contributed by atoms with Gasteiger partial charge in [0.05, 0.1) is 11.0 Å². The van der Waals surface area contributed by atoms with Gasteiger partial charge in [0.2, 0.25) is 5.75 Å².